The number of methoxy groups -OCH3 is 2. The fourth-order valence-electron chi connectivity index (χ4n) is 3.72. The molecular weight excluding hydrogens is 462 g/mol. The Morgan fingerprint density at radius 3 is 2.53 bits per heavy atom. The van der Waals surface area contributed by atoms with E-state index in [1.165, 1.54) is 4.88 Å². The summed E-state index contributed by atoms with van der Waals surface area (Å²) in [5.41, 5.74) is 4.10. The second-order valence-corrected chi connectivity index (χ2v) is 9.45. The number of benzene rings is 2. The van der Waals surface area contributed by atoms with E-state index in [1.807, 2.05) is 41.4 Å². The van der Waals surface area contributed by atoms with Crippen LogP contribution in [0.25, 0.3) is 11.3 Å². The summed E-state index contributed by atoms with van der Waals surface area (Å²) in [6.45, 7) is 0. The van der Waals surface area contributed by atoms with E-state index in [1.54, 1.807) is 36.9 Å². The molecule has 5 nitrogen and oxygen atoms in total. The number of halogens is 1. The maximum Gasteiger partial charge on any atom is 0.207 e. The van der Waals surface area contributed by atoms with Gasteiger partial charge in [-0.2, -0.15) is 5.10 Å². The molecule has 1 atom stereocenters. The molecular formula is C24H20ClN3O2S2. The van der Waals surface area contributed by atoms with Crippen molar-refractivity contribution in [1.29, 1.82) is 0 Å². The summed E-state index contributed by atoms with van der Waals surface area (Å²) in [5, 5.41) is 12.7. The molecule has 0 amide bonds. The predicted molar refractivity (Wildman–Crippen MR) is 133 cm³/mol. The summed E-state index contributed by atoms with van der Waals surface area (Å²) in [6, 6.07) is 17.9. The Morgan fingerprint density at radius 2 is 1.81 bits per heavy atom. The fraction of sp³-hybridized carbons (Fsp3) is 0.167. The molecule has 0 fully saturated rings. The standard InChI is InChI=1S/C24H20ClN3O2S2/c1-29-21-10-7-16(12-22(21)30-2)20-13-18(23-4-3-11-31-23)27-28(20)24-26-19(14-32-24)15-5-8-17(25)9-6-15/h3-12,14,20H,13H2,1-2H3/t20-/m1/s1. The minimum Gasteiger partial charge on any atom is -0.493 e. The first kappa shape index (κ1) is 21.0. The quantitative estimate of drug-likeness (QED) is 0.300. The molecule has 0 N–H and O–H groups in total. The van der Waals surface area contributed by atoms with E-state index in [-0.39, 0.29) is 6.04 Å². The van der Waals surface area contributed by atoms with Crippen LogP contribution >= 0.6 is 34.3 Å². The summed E-state index contributed by atoms with van der Waals surface area (Å²) < 4.78 is 11.0. The SMILES string of the molecule is COc1ccc([C@H]2CC(c3cccs3)=NN2c2nc(-c3ccc(Cl)cc3)cs2)cc1OC. The third-order valence-electron chi connectivity index (χ3n) is 5.34. The van der Waals surface area contributed by atoms with Crippen molar-refractivity contribution in [2.45, 2.75) is 12.5 Å². The number of hydrogen-bond donors (Lipinski definition) is 0. The minimum absolute atomic E-state index is 0.0103. The second kappa shape index (κ2) is 8.94. The Balaban J connectivity index is 1.53. The molecule has 0 saturated heterocycles. The first-order valence-electron chi connectivity index (χ1n) is 10.00. The van der Waals surface area contributed by atoms with E-state index < -0.39 is 0 Å². The zero-order chi connectivity index (χ0) is 22.1. The van der Waals surface area contributed by atoms with E-state index in [2.05, 4.69) is 29.0 Å². The molecule has 0 unspecified atom stereocenters. The van der Waals surface area contributed by atoms with Gasteiger partial charge in [-0.15, -0.1) is 22.7 Å². The Labute approximate surface area is 199 Å². The summed E-state index contributed by atoms with van der Waals surface area (Å²) in [6.07, 6.45) is 0.784. The molecule has 4 aromatic rings. The van der Waals surface area contributed by atoms with Gasteiger partial charge in [0.25, 0.3) is 0 Å². The van der Waals surface area contributed by atoms with Gasteiger partial charge in [0, 0.05) is 22.4 Å². The first-order chi connectivity index (χ1) is 15.7. The highest BCUT2D eigenvalue weighted by Crippen LogP contribution is 2.42. The summed E-state index contributed by atoms with van der Waals surface area (Å²) in [7, 11) is 3.30. The van der Waals surface area contributed by atoms with E-state index in [0.29, 0.717) is 16.5 Å². The molecule has 2 aromatic heterocycles. The molecule has 0 saturated carbocycles. The number of aromatic nitrogens is 1. The Hall–Kier alpha value is -2.87. The predicted octanol–water partition coefficient (Wildman–Crippen LogP) is 6.90. The van der Waals surface area contributed by atoms with Crippen LogP contribution < -0.4 is 14.5 Å². The van der Waals surface area contributed by atoms with Gasteiger partial charge in [0.1, 0.15) is 0 Å². The van der Waals surface area contributed by atoms with Gasteiger partial charge in [-0.1, -0.05) is 35.9 Å². The summed E-state index contributed by atoms with van der Waals surface area (Å²) in [4.78, 5) is 6.08. The lowest BCUT2D eigenvalue weighted by Gasteiger charge is -2.22. The lowest BCUT2D eigenvalue weighted by atomic mass is 10.0. The molecule has 1 aliphatic heterocycles. The number of rotatable bonds is 6. The van der Waals surface area contributed by atoms with Crippen LogP contribution in [0, 0.1) is 0 Å². The van der Waals surface area contributed by atoms with Crippen LogP contribution in [-0.4, -0.2) is 24.9 Å². The monoisotopic (exact) mass is 481 g/mol. The van der Waals surface area contributed by atoms with Crippen LogP contribution in [0.15, 0.2) is 70.5 Å². The van der Waals surface area contributed by atoms with Crippen LogP contribution in [0.2, 0.25) is 5.02 Å². The number of hydrogen-bond acceptors (Lipinski definition) is 7. The molecule has 2 aromatic carbocycles. The van der Waals surface area contributed by atoms with E-state index >= 15 is 0 Å². The summed E-state index contributed by atoms with van der Waals surface area (Å²) >= 11 is 9.33. The van der Waals surface area contributed by atoms with Crippen molar-refractivity contribution >= 4 is 45.1 Å². The summed E-state index contributed by atoms with van der Waals surface area (Å²) in [5.74, 6) is 1.41. The van der Waals surface area contributed by atoms with Gasteiger partial charge in [0.05, 0.1) is 36.5 Å². The van der Waals surface area contributed by atoms with Gasteiger partial charge >= 0.3 is 0 Å². The third kappa shape index (κ3) is 3.99. The minimum atomic E-state index is 0.0103. The topological polar surface area (TPSA) is 47.0 Å². The van der Waals surface area contributed by atoms with Crippen molar-refractivity contribution in [3.8, 4) is 22.8 Å². The number of ether oxygens (including phenoxy) is 2. The number of hydrazone groups is 1. The molecule has 8 heteroatoms. The van der Waals surface area contributed by atoms with Crippen molar-refractivity contribution in [3.63, 3.8) is 0 Å². The highest BCUT2D eigenvalue weighted by molar-refractivity contribution is 7.14. The zero-order valence-electron chi connectivity index (χ0n) is 17.5. The van der Waals surface area contributed by atoms with E-state index in [0.717, 1.165) is 34.1 Å². The van der Waals surface area contributed by atoms with E-state index in [9.17, 15) is 0 Å². The third-order valence-corrected chi connectivity index (χ3v) is 7.34. The molecule has 1 aliphatic rings. The van der Waals surface area contributed by atoms with Gasteiger partial charge < -0.3 is 9.47 Å². The molecule has 0 bridgehead atoms. The number of thiazole rings is 1. The Kier molecular flexibility index (Phi) is 5.87. The maximum atomic E-state index is 6.04. The highest BCUT2D eigenvalue weighted by Gasteiger charge is 2.32. The lowest BCUT2D eigenvalue weighted by molar-refractivity contribution is 0.354. The van der Waals surface area contributed by atoms with Crippen molar-refractivity contribution < 1.29 is 9.47 Å². The average Bonchev–Trinajstić information content (AvgIpc) is 3.59. The molecule has 0 aliphatic carbocycles. The van der Waals surface area contributed by atoms with Gasteiger partial charge in [-0.25, -0.2) is 9.99 Å². The van der Waals surface area contributed by atoms with Gasteiger partial charge in [-0.3, -0.25) is 0 Å². The smallest absolute Gasteiger partial charge is 0.207 e. The van der Waals surface area contributed by atoms with Crippen LogP contribution in [-0.2, 0) is 0 Å². The van der Waals surface area contributed by atoms with Crippen LogP contribution in [0.1, 0.15) is 22.9 Å². The molecule has 3 heterocycles. The van der Waals surface area contributed by atoms with Crippen LogP contribution in [0.4, 0.5) is 5.13 Å². The first-order valence-corrected chi connectivity index (χ1v) is 12.1. The van der Waals surface area contributed by atoms with Gasteiger partial charge in [0.2, 0.25) is 5.13 Å². The molecule has 0 spiro atoms. The highest BCUT2D eigenvalue weighted by atomic mass is 35.5. The molecule has 32 heavy (non-hydrogen) atoms. The molecule has 162 valence electrons. The lowest BCUT2D eigenvalue weighted by Crippen LogP contribution is -2.18. The van der Waals surface area contributed by atoms with Crippen LogP contribution in [0.5, 0.6) is 11.5 Å². The van der Waals surface area contributed by atoms with E-state index in [4.69, 9.17) is 31.2 Å². The Bertz CT molecular complexity index is 1250. The normalized spacial score (nSPS) is 15.7. The average molecular weight is 482 g/mol. The zero-order valence-corrected chi connectivity index (χ0v) is 19.9. The van der Waals surface area contributed by atoms with Gasteiger partial charge in [0.15, 0.2) is 11.5 Å². The second-order valence-electron chi connectivity index (χ2n) is 7.23. The number of thiophene rings is 1. The number of nitrogens with zero attached hydrogens (tertiary/aromatic N) is 3. The molecule has 5 rings (SSSR count). The van der Waals surface area contributed by atoms with Gasteiger partial charge in [-0.05, 0) is 41.3 Å². The van der Waals surface area contributed by atoms with Crippen LogP contribution in [0.3, 0.4) is 0 Å². The van der Waals surface area contributed by atoms with Crippen molar-refractivity contribution in [3.05, 3.63) is 80.8 Å². The molecule has 0 radical (unpaired) electrons. The van der Waals surface area contributed by atoms with Crippen molar-refractivity contribution in [2.75, 3.05) is 19.2 Å². The maximum absolute atomic E-state index is 6.04. The fourth-order valence-corrected chi connectivity index (χ4v) is 5.40. The van der Waals surface area contributed by atoms with Crippen molar-refractivity contribution in [2.24, 2.45) is 5.10 Å². The Morgan fingerprint density at radius 1 is 1.00 bits per heavy atom. The largest absolute Gasteiger partial charge is 0.493 e. The van der Waals surface area contributed by atoms with Crippen molar-refractivity contribution in [1.82, 2.24) is 4.98 Å². The number of anilines is 1.